The minimum absolute atomic E-state index is 0.00185. The van der Waals surface area contributed by atoms with Crippen LogP contribution in [0.1, 0.15) is 5.56 Å². The summed E-state index contributed by atoms with van der Waals surface area (Å²) in [4.78, 5) is 0. The van der Waals surface area contributed by atoms with Gasteiger partial charge in [-0.05, 0) is 22.0 Å². The number of nitrogens with zero attached hydrogens (tertiary/aromatic N) is 2. The lowest BCUT2D eigenvalue weighted by Crippen LogP contribution is -2.03. The Balaban J connectivity index is 2.89. The molecule has 0 radical (unpaired) electrons. The summed E-state index contributed by atoms with van der Waals surface area (Å²) in [6.45, 7) is 0.00185. The van der Waals surface area contributed by atoms with Crippen LogP contribution in [0.4, 0.5) is 8.28 Å². The second kappa shape index (κ2) is 4.07. The van der Waals surface area contributed by atoms with Crippen LogP contribution in [0.25, 0.3) is 10.9 Å². The van der Waals surface area contributed by atoms with E-state index in [1.807, 2.05) is 0 Å². The van der Waals surface area contributed by atoms with E-state index in [1.54, 1.807) is 0 Å². The van der Waals surface area contributed by atoms with Gasteiger partial charge < -0.3 is 5.73 Å². The van der Waals surface area contributed by atoms with Crippen molar-refractivity contribution in [1.29, 1.82) is 0 Å². The van der Waals surface area contributed by atoms with Crippen molar-refractivity contribution in [2.24, 2.45) is 5.73 Å². The predicted octanol–water partition coefficient (Wildman–Crippen LogP) is 2.78. The normalized spacial score (nSPS) is 11.2. The van der Waals surface area contributed by atoms with Gasteiger partial charge in [-0.1, -0.05) is 0 Å². The Kier molecular flexibility index (Phi) is 2.94. The Labute approximate surface area is 97.2 Å². The standard InChI is InChI=1S/C8H6BrF2N3S/c9-6-1-7(10)4(2-12)8-5(6)3-13-14(8)15-11/h1,3H,2,12H2. The SMILES string of the molecule is NCc1c(F)cc(Br)c2cnn(SF)c12. The quantitative estimate of drug-likeness (QED) is 0.926. The highest BCUT2D eigenvalue weighted by molar-refractivity contribution is 9.10. The molecule has 0 fully saturated rings. The van der Waals surface area contributed by atoms with E-state index in [-0.39, 0.29) is 24.4 Å². The maximum absolute atomic E-state index is 13.5. The van der Waals surface area contributed by atoms with E-state index in [2.05, 4.69) is 21.0 Å². The van der Waals surface area contributed by atoms with Crippen LogP contribution >= 0.6 is 28.3 Å². The molecule has 0 aliphatic heterocycles. The molecule has 0 saturated carbocycles. The first-order valence-corrected chi connectivity index (χ1v) is 5.49. The van der Waals surface area contributed by atoms with Crippen LogP contribution in [0.5, 0.6) is 0 Å². The van der Waals surface area contributed by atoms with Gasteiger partial charge in [0, 0.05) is 22.0 Å². The van der Waals surface area contributed by atoms with Crippen molar-refractivity contribution in [2.45, 2.75) is 6.54 Å². The molecule has 1 heterocycles. The Morgan fingerprint density at radius 2 is 2.33 bits per heavy atom. The van der Waals surface area contributed by atoms with Crippen molar-refractivity contribution in [3.05, 3.63) is 28.1 Å². The summed E-state index contributed by atoms with van der Waals surface area (Å²) in [6.07, 6.45) is 1.46. The largest absolute Gasteiger partial charge is 0.326 e. The summed E-state index contributed by atoms with van der Waals surface area (Å²) in [5.74, 6) is -0.465. The molecule has 15 heavy (non-hydrogen) atoms. The summed E-state index contributed by atoms with van der Waals surface area (Å²) >= 11 is 3.10. The van der Waals surface area contributed by atoms with Gasteiger partial charge in [-0.25, -0.2) is 4.39 Å². The molecule has 0 unspecified atom stereocenters. The lowest BCUT2D eigenvalue weighted by molar-refractivity contribution is 0.612. The highest BCUT2D eigenvalue weighted by Crippen LogP contribution is 2.31. The number of hydrogen-bond acceptors (Lipinski definition) is 3. The van der Waals surface area contributed by atoms with Crippen molar-refractivity contribution in [2.75, 3.05) is 0 Å². The number of fused-ring (bicyclic) bond motifs is 1. The van der Waals surface area contributed by atoms with Crippen LogP contribution in [0.2, 0.25) is 0 Å². The number of nitrogens with two attached hydrogens (primary N) is 1. The van der Waals surface area contributed by atoms with Crippen LogP contribution in [-0.2, 0) is 6.54 Å². The molecule has 80 valence electrons. The molecule has 7 heteroatoms. The fraction of sp³-hybridized carbons (Fsp3) is 0.125. The van der Waals surface area contributed by atoms with E-state index in [0.717, 1.165) is 4.09 Å². The second-order valence-corrected chi connectivity index (χ2v) is 4.21. The third-order valence-corrected chi connectivity index (χ3v) is 3.16. The highest BCUT2D eigenvalue weighted by Gasteiger charge is 2.15. The van der Waals surface area contributed by atoms with Crippen molar-refractivity contribution >= 4 is 39.2 Å². The lowest BCUT2D eigenvalue weighted by Gasteiger charge is -2.05. The fourth-order valence-electron chi connectivity index (χ4n) is 1.42. The van der Waals surface area contributed by atoms with Gasteiger partial charge in [0.1, 0.15) is 5.82 Å². The van der Waals surface area contributed by atoms with E-state index in [0.29, 0.717) is 15.4 Å². The molecule has 0 amide bonds. The second-order valence-electron chi connectivity index (χ2n) is 2.87. The number of aromatic nitrogens is 2. The van der Waals surface area contributed by atoms with Gasteiger partial charge in [-0.3, -0.25) is 0 Å². The molecule has 0 atom stereocenters. The molecule has 0 bridgehead atoms. The zero-order chi connectivity index (χ0) is 11.0. The van der Waals surface area contributed by atoms with E-state index in [4.69, 9.17) is 5.73 Å². The molecule has 1 aromatic carbocycles. The van der Waals surface area contributed by atoms with Crippen LogP contribution in [0.3, 0.4) is 0 Å². The maximum atomic E-state index is 13.5. The Hall–Kier alpha value is -0.660. The third kappa shape index (κ3) is 1.64. The summed E-state index contributed by atoms with van der Waals surface area (Å²) in [6, 6.07) is 1.31. The van der Waals surface area contributed by atoms with E-state index < -0.39 is 5.82 Å². The Bertz CT molecular complexity index is 514. The molecule has 0 aliphatic rings. The van der Waals surface area contributed by atoms with Crippen molar-refractivity contribution in [1.82, 2.24) is 9.19 Å². The summed E-state index contributed by atoms with van der Waals surface area (Å²) < 4.78 is 27.5. The molecule has 0 spiro atoms. The Morgan fingerprint density at radius 3 is 2.93 bits per heavy atom. The van der Waals surface area contributed by atoms with Crippen molar-refractivity contribution < 1.29 is 8.28 Å². The van der Waals surface area contributed by atoms with Gasteiger partial charge in [0.15, 0.2) is 12.3 Å². The average molecular weight is 294 g/mol. The molecule has 2 aromatic rings. The van der Waals surface area contributed by atoms with Crippen LogP contribution in [0, 0.1) is 5.82 Å². The number of benzene rings is 1. The number of hydrogen-bond donors (Lipinski definition) is 1. The monoisotopic (exact) mass is 293 g/mol. The fourth-order valence-corrected chi connectivity index (χ4v) is 2.27. The number of halogens is 3. The summed E-state index contributed by atoms with van der Waals surface area (Å²) in [5.41, 5.74) is 6.05. The molecule has 1 aromatic heterocycles. The minimum Gasteiger partial charge on any atom is -0.326 e. The maximum Gasteiger partial charge on any atom is 0.188 e. The van der Waals surface area contributed by atoms with Gasteiger partial charge in [0.05, 0.1) is 11.7 Å². The van der Waals surface area contributed by atoms with Gasteiger partial charge in [0.25, 0.3) is 0 Å². The van der Waals surface area contributed by atoms with Crippen LogP contribution in [0.15, 0.2) is 16.7 Å². The van der Waals surface area contributed by atoms with E-state index >= 15 is 0 Å². The smallest absolute Gasteiger partial charge is 0.188 e. The first kappa shape index (κ1) is 10.8. The average Bonchev–Trinajstić information content (AvgIpc) is 2.62. The van der Waals surface area contributed by atoms with E-state index in [1.165, 1.54) is 12.3 Å². The first-order chi connectivity index (χ1) is 7.19. The molecule has 2 rings (SSSR count). The first-order valence-electron chi connectivity index (χ1n) is 4.02. The van der Waals surface area contributed by atoms with Gasteiger partial charge in [-0.15, -0.1) is 3.89 Å². The predicted molar refractivity (Wildman–Crippen MR) is 59.4 cm³/mol. The van der Waals surface area contributed by atoms with Crippen molar-refractivity contribution in [3.63, 3.8) is 0 Å². The topological polar surface area (TPSA) is 43.8 Å². The molecular weight excluding hydrogens is 288 g/mol. The van der Waals surface area contributed by atoms with Gasteiger partial charge in [0.2, 0.25) is 0 Å². The molecular formula is C8H6BrF2N3S. The summed E-state index contributed by atoms with van der Waals surface area (Å²) in [7, 11) is 0. The zero-order valence-corrected chi connectivity index (χ0v) is 9.78. The summed E-state index contributed by atoms with van der Waals surface area (Å²) in [5, 5.41) is 4.42. The van der Waals surface area contributed by atoms with Crippen LogP contribution < -0.4 is 5.73 Å². The van der Waals surface area contributed by atoms with Gasteiger partial charge >= 0.3 is 0 Å². The molecule has 0 saturated heterocycles. The third-order valence-electron chi connectivity index (χ3n) is 2.09. The van der Waals surface area contributed by atoms with E-state index in [9.17, 15) is 8.28 Å². The molecule has 3 nitrogen and oxygen atoms in total. The zero-order valence-electron chi connectivity index (χ0n) is 7.38. The highest BCUT2D eigenvalue weighted by atomic mass is 79.9. The molecule has 0 aliphatic carbocycles. The lowest BCUT2D eigenvalue weighted by atomic mass is 10.1. The Morgan fingerprint density at radius 1 is 1.60 bits per heavy atom. The number of rotatable bonds is 2. The minimum atomic E-state index is -0.465. The van der Waals surface area contributed by atoms with Crippen molar-refractivity contribution in [3.8, 4) is 0 Å². The van der Waals surface area contributed by atoms with Gasteiger partial charge in [-0.2, -0.15) is 9.19 Å². The molecule has 2 N–H and O–H groups in total. The van der Waals surface area contributed by atoms with Crippen LogP contribution in [-0.4, -0.2) is 9.19 Å².